The van der Waals surface area contributed by atoms with Crippen molar-refractivity contribution in [3.63, 3.8) is 0 Å². The summed E-state index contributed by atoms with van der Waals surface area (Å²) in [5.41, 5.74) is 0. The van der Waals surface area contributed by atoms with Gasteiger partial charge in [0.05, 0.1) is 20.8 Å². The van der Waals surface area contributed by atoms with Gasteiger partial charge in [0.25, 0.3) is 5.91 Å². The molecule has 0 aliphatic rings. The molecule has 25 heavy (non-hydrogen) atoms. The molecule has 134 valence electrons. The Morgan fingerprint density at radius 1 is 0.960 bits per heavy atom. The highest BCUT2D eigenvalue weighted by atomic mass is 16.5. The molecule has 0 bridgehead atoms. The molecule has 2 aromatic carbocycles. The predicted octanol–water partition coefficient (Wildman–Crippen LogP) is 2.67. The first-order valence-corrected chi connectivity index (χ1v) is 7.98. The Kier molecular flexibility index (Phi) is 6.95. The number of ether oxygens (including phenoxy) is 4. The number of hydrogen-bond acceptors (Lipinski definition) is 5. The fraction of sp³-hybridized carbons (Fsp3) is 0.316. The van der Waals surface area contributed by atoms with Gasteiger partial charge in [-0.2, -0.15) is 0 Å². The van der Waals surface area contributed by atoms with Gasteiger partial charge >= 0.3 is 0 Å². The van der Waals surface area contributed by atoms with E-state index in [0.29, 0.717) is 30.4 Å². The van der Waals surface area contributed by atoms with Crippen molar-refractivity contribution in [3.05, 3.63) is 48.5 Å². The molecule has 0 fully saturated rings. The summed E-state index contributed by atoms with van der Waals surface area (Å²) < 4.78 is 21.5. The third-order valence-electron chi connectivity index (χ3n) is 3.47. The van der Waals surface area contributed by atoms with E-state index in [-0.39, 0.29) is 5.91 Å². The van der Waals surface area contributed by atoms with Crippen LogP contribution >= 0.6 is 0 Å². The lowest BCUT2D eigenvalue weighted by atomic mass is 10.3. The fourth-order valence-electron chi connectivity index (χ4n) is 2.12. The minimum absolute atomic E-state index is 0.218. The lowest BCUT2D eigenvalue weighted by Gasteiger charge is -2.16. The Balaban J connectivity index is 1.73. The van der Waals surface area contributed by atoms with Crippen molar-refractivity contribution < 1.29 is 23.7 Å². The largest absolute Gasteiger partial charge is 0.497 e. The minimum atomic E-state index is -0.641. The van der Waals surface area contributed by atoms with Gasteiger partial charge in [0, 0.05) is 0 Å². The van der Waals surface area contributed by atoms with Crippen LogP contribution in [0.25, 0.3) is 0 Å². The van der Waals surface area contributed by atoms with E-state index in [1.807, 2.05) is 36.4 Å². The Hall–Kier alpha value is -2.89. The Labute approximate surface area is 147 Å². The van der Waals surface area contributed by atoms with Gasteiger partial charge in [0.15, 0.2) is 17.6 Å². The molecule has 2 rings (SSSR count). The smallest absolute Gasteiger partial charge is 0.260 e. The zero-order valence-electron chi connectivity index (χ0n) is 14.7. The van der Waals surface area contributed by atoms with E-state index in [0.717, 1.165) is 5.75 Å². The number of para-hydroxylation sites is 2. The number of methoxy groups -OCH3 is 2. The highest BCUT2D eigenvalue weighted by Crippen LogP contribution is 2.26. The molecule has 1 unspecified atom stereocenters. The van der Waals surface area contributed by atoms with Crippen molar-refractivity contribution >= 4 is 5.91 Å². The summed E-state index contributed by atoms with van der Waals surface area (Å²) in [6.07, 6.45) is -0.641. The maximum Gasteiger partial charge on any atom is 0.260 e. The summed E-state index contributed by atoms with van der Waals surface area (Å²) in [6.45, 7) is 2.43. The summed E-state index contributed by atoms with van der Waals surface area (Å²) in [7, 11) is 3.17. The van der Waals surface area contributed by atoms with Crippen LogP contribution in [0.15, 0.2) is 48.5 Å². The van der Waals surface area contributed by atoms with Crippen LogP contribution in [0, 0.1) is 0 Å². The molecule has 0 spiro atoms. The number of carbonyl (C=O) groups excluding carboxylic acids is 1. The van der Waals surface area contributed by atoms with Gasteiger partial charge < -0.3 is 24.3 Å². The molecule has 0 aliphatic carbocycles. The van der Waals surface area contributed by atoms with Crippen LogP contribution in [-0.2, 0) is 4.79 Å². The summed E-state index contributed by atoms with van der Waals surface area (Å²) in [5, 5.41) is 2.78. The molecule has 0 saturated heterocycles. The standard InChI is InChI=1S/C19H23NO5/c1-14(25-18-7-5-4-6-17(18)23-3)19(21)20-12-13-24-16-10-8-15(22-2)9-11-16/h4-11,14H,12-13H2,1-3H3,(H,20,21). The second-order valence-corrected chi connectivity index (χ2v) is 5.23. The van der Waals surface area contributed by atoms with Crippen LogP contribution in [0.4, 0.5) is 0 Å². The summed E-state index contributed by atoms with van der Waals surface area (Å²) >= 11 is 0. The van der Waals surface area contributed by atoms with Gasteiger partial charge in [-0.15, -0.1) is 0 Å². The quantitative estimate of drug-likeness (QED) is 0.708. The molecule has 0 radical (unpaired) electrons. The number of hydrogen-bond donors (Lipinski definition) is 1. The van der Waals surface area contributed by atoms with Gasteiger partial charge in [-0.3, -0.25) is 4.79 Å². The van der Waals surface area contributed by atoms with E-state index in [4.69, 9.17) is 18.9 Å². The summed E-state index contributed by atoms with van der Waals surface area (Å²) in [5.74, 6) is 2.38. The number of nitrogens with one attached hydrogen (secondary N) is 1. The first-order valence-electron chi connectivity index (χ1n) is 7.98. The van der Waals surface area contributed by atoms with Crippen molar-refractivity contribution in [1.29, 1.82) is 0 Å². The number of amides is 1. The van der Waals surface area contributed by atoms with E-state index in [1.165, 1.54) is 0 Å². The first kappa shape index (κ1) is 18.4. The van der Waals surface area contributed by atoms with Crippen LogP contribution in [0.3, 0.4) is 0 Å². The van der Waals surface area contributed by atoms with Crippen molar-refractivity contribution in [1.82, 2.24) is 5.32 Å². The van der Waals surface area contributed by atoms with Crippen molar-refractivity contribution in [2.75, 3.05) is 27.4 Å². The highest BCUT2D eigenvalue weighted by Gasteiger charge is 2.16. The molecule has 0 heterocycles. The third-order valence-corrected chi connectivity index (χ3v) is 3.47. The molecule has 2 aromatic rings. The van der Waals surface area contributed by atoms with Crippen LogP contribution in [0.2, 0.25) is 0 Å². The van der Waals surface area contributed by atoms with Gasteiger partial charge in [-0.25, -0.2) is 0 Å². The zero-order chi connectivity index (χ0) is 18.1. The van der Waals surface area contributed by atoms with Crippen molar-refractivity contribution in [2.24, 2.45) is 0 Å². The maximum absolute atomic E-state index is 12.1. The molecule has 0 aliphatic heterocycles. The van der Waals surface area contributed by atoms with Crippen LogP contribution < -0.4 is 24.3 Å². The van der Waals surface area contributed by atoms with E-state index >= 15 is 0 Å². The Morgan fingerprint density at radius 3 is 2.24 bits per heavy atom. The molecule has 1 N–H and O–H groups in total. The molecule has 1 atom stereocenters. The van der Waals surface area contributed by atoms with Crippen LogP contribution in [0.1, 0.15) is 6.92 Å². The van der Waals surface area contributed by atoms with Crippen molar-refractivity contribution in [2.45, 2.75) is 13.0 Å². The number of rotatable bonds is 9. The zero-order valence-corrected chi connectivity index (χ0v) is 14.7. The highest BCUT2D eigenvalue weighted by molar-refractivity contribution is 5.80. The lowest BCUT2D eigenvalue weighted by Crippen LogP contribution is -2.38. The molecule has 1 amide bonds. The molecule has 0 saturated carbocycles. The van der Waals surface area contributed by atoms with Gasteiger partial charge in [0.1, 0.15) is 18.1 Å². The lowest BCUT2D eigenvalue weighted by molar-refractivity contribution is -0.127. The number of benzene rings is 2. The molecule has 6 heteroatoms. The van der Waals surface area contributed by atoms with E-state index in [2.05, 4.69) is 5.32 Å². The first-order chi connectivity index (χ1) is 12.1. The van der Waals surface area contributed by atoms with E-state index < -0.39 is 6.10 Å². The fourth-order valence-corrected chi connectivity index (χ4v) is 2.12. The SMILES string of the molecule is COc1ccc(OCCNC(=O)C(C)Oc2ccccc2OC)cc1. The average molecular weight is 345 g/mol. The third kappa shape index (κ3) is 5.60. The summed E-state index contributed by atoms with van der Waals surface area (Å²) in [4.78, 5) is 12.1. The van der Waals surface area contributed by atoms with E-state index in [1.54, 1.807) is 33.3 Å². The van der Waals surface area contributed by atoms with Gasteiger partial charge in [-0.05, 0) is 43.3 Å². The predicted molar refractivity (Wildman–Crippen MR) is 94.6 cm³/mol. The second-order valence-electron chi connectivity index (χ2n) is 5.23. The maximum atomic E-state index is 12.1. The van der Waals surface area contributed by atoms with Gasteiger partial charge in [0.2, 0.25) is 0 Å². The summed E-state index contributed by atoms with van der Waals surface area (Å²) in [6, 6.07) is 14.5. The average Bonchev–Trinajstić information content (AvgIpc) is 2.65. The number of carbonyl (C=O) groups is 1. The van der Waals surface area contributed by atoms with Crippen LogP contribution in [-0.4, -0.2) is 39.4 Å². The van der Waals surface area contributed by atoms with Gasteiger partial charge in [-0.1, -0.05) is 12.1 Å². The molecular weight excluding hydrogens is 322 g/mol. The molecule has 0 aromatic heterocycles. The second kappa shape index (κ2) is 9.42. The molecule has 6 nitrogen and oxygen atoms in total. The minimum Gasteiger partial charge on any atom is -0.497 e. The Morgan fingerprint density at radius 2 is 1.60 bits per heavy atom. The van der Waals surface area contributed by atoms with Crippen molar-refractivity contribution in [3.8, 4) is 23.0 Å². The Bertz CT molecular complexity index is 672. The monoisotopic (exact) mass is 345 g/mol. The molecular formula is C19H23NO5. The normalized spacial score (nSPS) is 11.3. The topological polar surface area (TPSA) is 66.0 Å². The van der Waals surface area contributed by atoms with Crippen LogP contribution in [0.5, 0.6) is 23.0 Å². The van der Waals surface area contributed by atoms with E-state index in [9.17, 15) is 4.79 Å².